The summed E-state index contributed by atoms with van der Waals surface area (Å²) in [5.41, 5.74) is -2.75. The Kier molecular flexibility index (Phi) is 32.6. The van der Waals surface area contributed by atoms with Crippen molar-refractivity contribution in [2.75, 3.05) is 42.4 Å². The summed E-state index contributed by atoms with van der Waals surface area (Å²) in [6.07, 6.45) is 21.4. The molecule has 94 heavy (non-hydrogen) atoms. The standard InChI is InChI=1S/C28H36F2N2O4.C21H32N2O5.C11H12FNO5.C11H22.CH4/c1-18(2)17-32(21-8-6-5-7-9-21)25-13-12-22(36-28(3,4)27(34)35)16-24(25)31-26(33)14-19-10-11-20(29)15-23(19)30;1-15(2)14-22(16-9-7-6-8-10-16)18-12-11-17(13-19(18)23(25)26)28-21(3,4)20(24)27-5;1-11(2,10(14)17-3)18-7-4-5-8(12)9(6-7)13(15)16;1-10(2)8-9-11-6-4-3-5-7-11;/h10-13,15-16,18,21H,5-9,14,17H2,1-4H3,(H,31,33)(H,34,35);11-13,15-16H,6-10,14H2,1-5H3;4-6H,1-3H3;10-11H,3-9H2,1-2H3;1H4. The maximum Gasteiger partial charge on any atom is 0.349 e. The van der Waals surface area contributed by atoms with E-state index >= 15 is 0 Å². The molecule has 22 heteroatoms. The zero-order chi connectivity index (χ0) is 69.4. The summed E-state index contributed by atoms with van der Waals surface area (Å²) in [7, 11) is 2.48. The number of carbonyl (C=O) groups is 4. The van der Waals surface area contributed by atoms with Gasteiger partial charge in [-0.3, -0.25) is 25.0 Å². The van der Waals surface area contributed by atoms with Gasteiger partial charge in [-0.15, -0.1) is 0 Å². The van der Waals surface area contributed by atoms with Crippen molar-refractivity contribution in [1.82, 2.24) is 0 Å². The summed E-state index contributed by atoms with van der Waals surface area (Å²) in [4.78, 5) is 73.4. The second kappa shape index (κ2) is 38.0. The molecular formula is C72H106F3N5O14. The molecule has 4 aromatic carbocycles. The van der Waals surface area contributed by atoms with Crippen LogP contribution in [0.2, 0.25) is 0 Å². The number of nitrogens with one attached hydrogen (secondary N) is 1. The molecule has 4 aromatic rings. The number of carboxylic acids is 1. The first kappa shape index (κ1) is 80.6. The largest absolute Gasteiger partial charge is 0.478 e. The molecule has 0 aliphatic heterocycles. The molecule has 0 aromatic heterocycles. The van der Waals surface area contributed by atoms with Gasteiger partial charge in [0.1, 0.15) is 34.6 Å². The number of benzene rings is 4. The van der Waals surface area contributed by atoms with Crippen LogP contribution in [0.1, 0.15) is 205 Å². The zero-order valence-corrected chi connectivity index (χ0v) is 57.2. The number of anilines is 3. The number of hydrogen-bond acceptors (Lipinski definition) is 15. The maximum absolute atomic E-state index is 14.2. The van der Waals surface area contributed by atoms with Gasteiger partial charge in [-0.05, 0) is 139 Å². The van der Waals surface area contributed by atoms with Gasteiger partial charge in [-0.25, -0.2) is 23.2 Å². The van der Waals surface area contributed by atoms with E-state index < -0.39 is 68.7 Å². The Morgan fingerprint density at radius 2 is 0.989 bits per heavy atom. The Morgan fingerprint density at radius 1 is 0.564 bits per heavy atom. The van der Waals surface area contributed by atoms with Crippen LogP contribution < -0.4 is 29.3 Å². The van der Waals surface area contributed by atoms with E-state index in [1.165, 1.54) is 118 Å². The summed E-state index contributed by atoms with van der Waals surface area (Å²) < 4.78 is 66.5. The Hall–Kier alpha value is -7.65. The van der Waals surface area contributed by atoms with E-state index in [-0.39, 0.29) is 41.5 Å². The lowest BCUT2D eigenvalue weighted by molar-refractivity contribution is -0.387. The number of methoxy groups -OCH3 is 2. The van der Waals surface area contributed by atoms with Crippen molar-refractivity contribution in [3.63, 3.8) is 0 Å². The molecule has 0 unspecified atom stereocenters. The van der Waals surface area contributed by atoms with Crippen LogP contribution in [0.5, 0.6) is 17.2 Å². The van der Waals surface area contributed by atoms with Crippen LogP contribution in [-0.2, 0) is 35.1 Å². The van der Waals surface area contributed by atoms with Crippen LogP contribution in [-0.4, -0.2) is 95.0 Å². The van der Waals surface area contributed by atoms with Crippen molar-refractivity contribution in [3.05, 3.63) is 116 Å². The molecule has 0 saturated heterocycles. The smallest absolute Gasteiger partial charge is 0.349 e. The number of carboxylic acid groups (broad SMARTS) is 1. The van der Waals surface area contributed by atoms with E-state index in [2.05, 4.69) is 61.4 Å². The highest BCUT2D eigenvalue weighted by atomic mass is 19.1. The molecule has 524 valence electrons. The number of nitro benzene ring substituents is 2. The molecule has 3 fully saturated rings. The Balaban J connectivity index is 0.000000351. The third kappa shape index (κ3) is 25.9. The average molecular weight is 1320 g/mol. The first-order valence-electron chi connectivity index (χ1n) is 32.8. The topological polar surface area (TPSA) is 239 Å². The number of amides is 1. The highest BCUT2D eigenvalue weighted by Gasteiger charge is 2.36. The number of halogens is 3. The van der Waals surface area contributed by atoms with E-state index in [9.17, 15) is 57.7 Å². The summed E-state index contributed by atoms with van der Waals surface area (Å²) >= 11 is 0. The van der Waals surface area contributed by atoms with Crippen molar-refractivity contribution >= 4 is 52.3 Å². The summed E-state index contributed by atoms with van der Waals surface area (Å²) in [6.45, 7) is 23.7. The van der Waals surface area contributed by atoms with Crippen molar-refractivity contribution in [1.29, 1.82) is 0 Å². The van der Waals surface area contributed by atoms with Gasteiger partial charge in [0, 0.05) is 37.3 Å². The molecule has 1 amide bonds. The molecule has 19 nitrogen and oxygen atoms in total. The lowest BCUT2D eigenvalue weighted by Crippen LogP contribution is -2.40. The number of aliphatic carboxylic acids is 1. The molecule has 0 spiro atoms. The number of carbonyl (C=O) groups excluding carboxylic acids is 3. The second-order valence-electron chi connectivity index (χ2n) is 27.2. The van der Waals surface area contributed by atoms with E-state index in [1.807, 2.05) is 6.07 Å². The maximum atomic E-state index is 14.2. The lowest BCUT2D eigenvalue weighted by atomic mass is 9.85. The molecule has 0 radical (unpaired) electrons. The third-order valence-corrected chi connectivity index (χ3v) is 16.5. The zero-order valence-electron chi connectivity index (χ0n) is 57.2. The molecule has 0 atom stereocenters. The predicted octanol–water partition coefficient (Wildman–Crippen LogP) is 17.6. The fourth-order valence-electron chi connectivity index (χ4n) is 11.6. The number of esters is 2. The highest BCUT2D eigenvalue weighted by molar-refractivity contribution is 5.96. The SMILES string of the molecule is C.CC(C)CCC1CCCCC1.CC(C)CN(c1ccc(OC(C)(C)C(=O)O)cc1NC(=O)Cc1ccc(F)cc1F)C1CCCCC1.COC(=O)C(C)(C)Oc1ccc(F)c([N+](=O)[O-])c1.COC(=O)C(C)(C)Oc1ccc(N(CC(C)C)C2CCCCC2)c([N+](=O)[O-])c1. The molecule has 3 aliphatic carbocycles. The fraction of sp³-hybridized carbons (Fsp3) is 0.611. The minimum Gasteiger partial charge on any atom is -0.478 e. The van der Waals surface area contributed by atoms with Crippen LogP contribution in [0.25, 0.3) is 0 Å². The molecular weight excluding hydrogens is 1220 g/mol. The van der Waals surface area contributed by atoms with Crippen LogP contribution in [0, 0.1) is 61.4 Å². The highest BCUT2D eigenvalue weighted by Crippen LogP contribution is 2.40. The molecule has 7 rings (SSSR count). The van der Waals surface area contributed by atoms with Gasteiger partial charge in [0.25, 0.3) is 5.69 Å². The molecule has 3 saturated carbocycles. The van der Waals surface area contributed by atoms with E-state index in [1.54, 1.807) is 38.1 Å². The number of nitro groups is 2. The van der Waals surface area contributed by atoms with Gasteiger partial charge < -0.3 is 43.9 Å². The Morgan fingerprint density at radius 3 is 1.43 bits per heavy atom. The van der Waals surface area contributed by atoms with Crippen LogP contribution >= 0.6 is 0 Å². The number of ether oxygens (including phenoxy) is 5. The average Bonchev–Trinajstić information content (AvgIpc) is 0.816. The van der Waals surface area contributed by atoms with Crippen LogP contribution in [0.4, 0.5) is 41.6 Å². The molecule has 2 N–H and O–H groups in total. The predicted molar refractivity (Wildman–Crippen MR) is 363 cm³/mol. The minimum absolute atomic E-state index is 0. The second-order valence-corrected chi connectivity index (χ2v) is 27.2. The van der Waals surface area contributed by atoms with Crippen molar-refractivity contribution in [3.8, 4) is 17.2 Å². The monoisotopic (exact) mass is 1320 g/mol. The molecule has 0 heterocycles. The minimum atomic E-state index is -1.47. The number of hydrogen-bond donors (Lipinski definition) is 2. The van der Waals surface area contributed by atoms with E-state index in [4.69, 9.17) is 18.9 Å². The summed E-state index contributed by atoms with van der Waals surface area (Å²) in [6, 6.07) is 16.8. The van der Waals surface area contributed by atoms with Gasteiger partial charge >= 0.3 is 23.6 Å². The summed E-state index contributed by atoms with van der Waals surface area (Å²) in [5, 5.41) is 34.7. The van der Waals surface area contributed by atoms with Gasteiger partial charge in [0.05, 0.1) is 54.0 Å². The normalized spacial score (nSPS) is 14.7. The van der Waals surface area contributed by atoms with Crippen LogP contribution in [0.3, 0.4) is 0 Å². The van der Waals surface area contributed by atoms with E-state index in [0.717, 1.165) is 106 Å². The van der Waals surface area contributed by atoms with Crippen molar-refractivity contribution in [2.24, 2.45) is 23.7 Å². The van der Waals surface area contributed by atoms with Gasteiger partial charge in [0.2, 0.25) is 11.7 Å². The van der Waals surface area contributed by atoms with Crippen molar-refractivity contribution < 1.29 is 71.0 Å². The fourth-order valence-corrected chi connectivity index (χ4v) is 11.6. The number of nitrogens with zero attached hydrogens (tertiary/aromatic N) is 4. The first-order chi connectivity index (χ1) is 43.7. The molecule has 0 bridgehead atoms. The first-order valence-corrected chi connectivity index (χ1v) is 32.8. The number of rotatable bonds is 25. The third-order valence-electron chi connectivity index (χ3n) is 16.5. The van der Waals surface area contributed by atoms with Crippen LogP contribution in [0.15, 0.2) is 72.8 Å². The molecule has 3 aliphatic rings. The van der Waals surface area contributed by atoms with Crippen molar-refractivity contribution in [2.45, 2.75) is 235 Å². The van der Waals surface area contributed by atoms with Gasteiger partial charge in [-0.2, -0.15) is 4.39 Å². The van der Waals surface area contributed by atoms with E-state index in [0.29, 0.717) is 41.0 Å². The van der Waals surface area contributed by atoms with Gasteiger partial charge in [-0.1, -0.05) is 139 Å². The lowest BCUT2D eigenvalue weighted by Gasteiger charge is -2.38. The van der Waals surface area contributed by atoms with Gasteiger partial charge in [0.15, 0.2) is 16.8 Å². The quantitative estimate of drug-likeness (QED) is 0.0356. The Labute approximate surface area is 555 Å². The summed E-state index contributed by atoms with van der Waals surface area (Å²) in [5.74, 6) is -1.89. The Bertz CT molecular complexity index is 3080.